The van der Waals surface area contributed by atoms with Gasteiger partial charge in [0.05, 0.1) is 5.69 Å². The van der Waals surface area contributed by atoms with Gasteiger partial charge in [0.2, 0.25) is 0 Å². The molecule has 0 bridgehead atoms. The van der Waals surface area contributed by atoms with E-state index >= 15 is 0 Å². The number of nitrogens with one attached hydrogen (secondary N) is 1. The lowest BCUT2D eigenvalue weighted by atomic mass is 10.0. The van der Waals surface area contributed by atoms with E-state index in [-0.39, 0.29) is 5.82 Å². The quantitative estimate of drug-likeness (QED) is 0.454. The van der Waals surface area contributed by atoms with Crippen LogP contribution in [0.2, 0.25) is 0 Å². The number of carbonyl (C=O) groups excluding carboxylic acids is 1. The third-order valence-corrected chi connectivity index (χ3v) is 4.91. The minimum Gasteiger partial charge on any atom is -0.441 e. The van der Waals surface area contributed by atoms with Gasteiger partial charge in [0.1, 0.15) is 17.6 Å². The summed E-state index contributed by atoms with van der Waals surface area (Å²) in [5.41, 5.74) is 3.37. The van der Waals surface area contributed by atoms with Crippen molar-refractivity contribution in [2.24, 2.45) is 0 Å². The van der Waals surface area contributed by atoms with E-state index in [9.17, 15) is 9.18 Å². The van der Waals surface area contributed by atoms with E-state index in [1.54, 1.807) is 56.3 Å². The van der Waals surface area contributed by atoms with E-state index in [1.165, 1.54) is 10.7 Å². The lowest BCUT2D eigenvalue weighted by Crippen LogP contribution is -2.18. The Morgan fingerprint density at radius 2 is 1.68 bits per heavy atom. The number of anilines is 1. The Balaban J connectivity index is 1.52. The topological polar surface area (TPSA) is 69.0 Å². The summed E-state index contributed by atoms with van der Waals surface area (Å²) in [6, 6.07) is 23.2. The van der Waals surface area contributed by atoms with Crippen LogP contribution in [-0.4, -0.2) is 21.1 Å². The molecule has 0 fully saturated rings. The first-order valence-electron chi connectivity index (χ1n) is 9.83. The van der Waals surface area contributed by atoms with Gasteiger partial charge in [-0.2, -0.15) is 4.68 Å². The summed E-state index contributed by atoms with van der Waals surface area (Å²) < 4.78 is 21.0. The van der Waals surface area contributed by atoms with Gasteiger partial charge in [0, 0.05) is 5.56 Å². The maximum absolute atomic E-state index is 14.0. The predicted octanol–water partition coefficient (Wildman–Crippen LogP) is 5.69. The zero-order chi connectivity index (χ0) is 21.8. The molecular weight excluding hydrogens is 395 g/mol. The average Bonchev–Trinajstić information content (AvgIpc) is 3.15. The molecule has 0 aliphatic heterocycles. The van der Waals surface area contributed by atoms with Crippen molar-refractivity contribution in [1.82, 2.24) is 15.0 Å². The Hall–Kier alpha value is -4.00. The predicted molar refractivity (Wildman–Crippen MR) is 116 cm³/mol. The van der Waals surface area contributed by atoms with Gasteiger partial charge < -0.3 is 4.74 Å². The fourth-order valence-electron chi connectivity index (χ4n) is 3.24. The van der Waals surface area contributed by atoms with E-state index in [4.69, 9.17) is 4.74 Å². The lowest BCUT2D eigenvalue weighted by Gasteiger charge is -2.15. The van der Waals surface area contributed by atoms with Crippen molar-refractivity contribution in [2.75, 3.05) is 5.32 Å². The molecule has 0 saturated heterocycles. The summed E-state index contributed by atoms with van der Waals surface area (Å²) in [5, 5.41) is 10.9. The van der Waals surface area contributed by atoms with E-state index in [1.807, 2.05) is 30.3 Å². The van der Waals surface area contributed by atoms with Crippen molar-refractivity contribution in [1.29, 1.82) is 0 Å². The molecule has 1 amide bonds. The molecule has 3 aromatic carbocycles. The Morgan fingerprint density at radius 1 is 1.00 bits per heavy atom. The van der Waals surface area contributed by atoms with Gasteiger partial charge in [-0.05, 0) is 43.2 Å². The molecular formula is C24H21FN4O2. The summed E-state index contributed by atoms with van der Waals surface area (Å²) >= 11 is 0. The van der Waals surface area contributed by atoms with E-state index in [0.717, 1.165) is 11.1 Å². The fraction of sp³-hybridized carbons (Fsp3) is 0.125. The van der Waals surface area contributed by atoms with E-state index < -0.39 is 12.2 Å². The first-order chi connectivity index (χ1) is 15.0. The Labute approximate surface area is 179 Å². The molecule has 1 N–H and O–H groups in total. The normalized spacial score (nSPS) is 11.7. The van der Waals surface area contributed by atoms with E-state index in [0.29, 0.717) is 22.8 Å². The molecule has 0 saturated carbocycles. The molecule has 1 atom stereocenters. The first kappa shape index (κ1) is 20.3. The number of aromatic nitrogens is 3. The van der Waals surface area contributed by atoms with Gasteiger partial charge in [-0.3, -0.25) is 5.32 Å². The number of amides is 1. The van der Waals surface area contributed by atoms with Crippen LogP contribution in [0, 0.1) is 12.7 Å². The third-order valence-electron chi connectivity index (χ3n) is 4.91. The number of hydrogen-bond acceptors (Lipinski definition) is 4. The Kier molecular flexibility index (Phi) is 5.75. The Morgan fingerprint density at radius 3 is 2.39 bits per heavy atom. The van der Waals surface area contributed by atoms with Crippen molar-refractivity contribution in [3.63, 3.8) is 0 Å². The summed E-state index contributed by atoms with van der Waals surface area (Å²) in [6.45, 7) is 3.55. The summed E-state index contributed by atoms with van der Waals surface area (Å²) in [4.78, 5) is 12.5. The second-order valence-electron chi connectivity index (χ2n) is 7.05. The summed E-state index contributed by atoms with van der Waals surface area (Å²) in [7, 11) is 0. The molecule has 4 rings (SSSR count). The van der Waals surface area contributed by atoms with Gasteiger partial charge in [-0.1, -0.05) is 65.9 Å². The van der Waals surface area contributed by atoms with Crippen molar-refractivity contribution in [2.45, 2.75) is 20.0 Å². The molecule has 0 aliphatic carbocycles. The number of carbonyl (C=O) groups is 1. The fourth-order valence-corrected chi connectivity index (χ4v) is 3.24. The SMILES string of the molecule is Cc1nnn(-c2ccc(-c3ccccc3F)cc2)c1NC(=O)O[C@H](C)c1ccccc1. The Bertz CT molecular complexity index is 1190. The second kappa shape index (κ2) is 8.79. The number of benzene rings is 3. The molecule has 1 aromatic heterocycles. The van der Waals surface area contributed by atoms with Crippen molar-refractivity contribution >= 4 is 11.9 Å². The van der Waals surface area contributed by atoms with Crippen LogP contribution in [0.15, 0.2) is 78.9 Å². The minimum atomic E-state index is -0.606. The molecule has 156 valence electrons. The number of rotatable bonds is 5. The van der Waals surface area contributed by atoms with Gasteiger partial charge in [-0.15, -0.1) is 5.10 Å². The monoisotopic (exact) mass is 416 g/mol. The van der Waals surface area contributed by atoms with Gasteiger partial charge in [-0.25, -0.2) is 9.18 Å². The zero-order valence-electron chi connectivity index (χ0n) is 17.1. The largest absolute Gasteiger partial charge is 0.441 e. The van der Waals surface area contributed by atoms with Crippen LogP contribution in [0.5, 0.6) is 0 Å². The molecule has 0 spiro atoms. The van der Waals surface area contributed by atoms with Crippen LogP contribution < -0.4 is 5.32 Å². The number of halogens is 1. The smallest absolute Gasteiger partial charge is 0.413 e. The van der Waals surface area contributed by atoms with Crippen LogP contribution in [0.3, 0.4) is 0 Å². The van der Waals surface area contributed by atoms with Gasteiger partial charge in [0.15, 0.2) is 5.82 Å². The van der Waals surface area contributed by atoms with Gasteiger partial charge in [0.25, 0.3) is 0 Å². The van der Waals surface area contributed by atoms with Crippen LogP contribution in [0.4, 0.5) is 15.0 Å². The number of aryl methyl sites for hydroxylation is 1. The number of hydrogen-bond donors (Lipinski definition) is 1. The van der Waals surface area contributed by atoms with Gasteiger partial charge >= 0.3 is 6.09 Å². The van der Waals surface area contributed by atoms with Crippen molar-refractivity contribution in [3.8, 4) is 16.8 Å². The molecule has 0 radical (unpaired) electrons. The molecule has 0 aliphatic rings. The van der Waals surface area contributed by atoms with Crippen molar-refractivity contribution in [3.05, 3.63) is 95.9 Å². The highest BCUT2D eigenvalue weighted by molar-refractivity contribution is 5.84. The summed E-state index contributed by atoms with van der Waals surface area (Å²) in [5.74, 6) is 0.119. The third kappa shape index (κ3) is 4.45. The van der Waals surface area contributed by atoms with Crippen LogP contribution >= 0.6 is 0 Å². The maximum atomic E-state index is 14.0. The average molecular weight is 416 g/mol. The molecule has 4 aromatic rings. The van der Waals surface area contributed by atoms with E-state index in [2.05, 4.69) is 15.6 Å². The maximum Gasteiger partial charge on any atom is 0.413 e. The van der Waals surface area contributed by atoms with Crippen LogP contribution in [0.25, 0.3) is 16.8 Å². The standard InChI is InChI=1S/C24H21FN4O2/c1-16-23(26-24(30)31-17(2)18-8-4-3-5-9-18)29(28-27-16)20-14-12-19(13-15-20)21-10-6-7-11-22(21)25/h3-15,17H,1-2H3,(H,26,30)/t17-/m1/s1. The van der Waals surface area contributed by atoms with Crippen LogP contribution in [0.1, 0.15) is 24.3 Å². The van der Waals surface area contributed by atoms with Crippen molar-refractivity contribution < 1.29 is 13.9 Å². The molecule has 31 heavy (non-hydrogen) atoms. The molecule has 7 heteroatoms. The highest BCUT2D eigenvalue weighted by Crippen LogP contribution is 2.25. The molecule has 0 unspecified atom stereocenters. The zero-order valence-corrected chi connectivity index (χ0v) is 17.1. The second-order valence-corrected chi connectivity index (χ2v) is 7.05. The minimum absolute atomic E-state index is 0.288. The number of nitrogens with zero attached hydrogens (tertiary/aromatic N) is 3. The lowest BCUT2D eigenvalue weighted by molar-refractivity contribution is 0.121. The first-order valence-corrected chi connectivity index (χ1v) is 9.83. The summed E-state index contributed by atoms with van der Waals surface area (Å²) in [6.07, 6.45) is -1.02. The number of ether oxygens (including phenoxy) is 1. The highest BCUT2D eigenvalue weighted by Gasteiger charge is 2.17. The molecule has 1 heterocycles. The molecule has 6 nitrogen and oxygen atoms in total. The van der Waals surface area contributed by atoms with Crippen LogP contribution in [-0.2, 0) is 4.74 Å². The highest BCUT2D eigenvalue weighted by atomic mass is 19.1.